The Bertz CT molecular complexity index is 1320. The van der Waals surface area contributed by atoms with Gasteiger partial charge in [-0.05, 0) is 64.2 Å². The van der Waals surface area contributed by atoms with Crippen LogP contribution in [0, 0.1) is 0 Å². The summed E-state index contributed by atoms with van der Waals surface area (Å²) in [6, 6.07) is -1.54. The van der Waals surface area contributed by atoms with Crippen molar-refractivity contribution >= 4 is 25.7 Å². The maximum Gasteiger partial charge on any atom is 0.472 e. The molecule has 0 rings (SSSR count). The summed E-state index contributed by atoms with van der Waals surface area (Å²) in [6.07, 6.45) is 54.4. The quantitative estimate of drug-likeness (QED) is 0.0230. The van der Waals surface area contributed by atoms with Gasteiger partial charge in [-0.25, -0.2) is 4.57 Å². The largest absolute Gasteiger partial charge is 0.480 e. The van der Waals surface area contributed by atoms with Gasteiger partial charge in [0.05, 0.1) is 19.6 Å². The number of phosphoric ester groups is 1. The zero-order valence-corrected chi connectivity index (χ0v) is 39.6. The van der Waals surface area contributed by atoms with Crippen molar-refractivity contribution in [2.45, 2.75) is 206 Å². The van der Waals surface area contributed by atoms with Gasteiger partial charge in [-0.15, -0.1) is 0 Å². The molecule has 0 aromatic heterocycles. The minimum atomic E-state index is -4.75. The molecule has 0 saturated carbocycles. The highest BCUT2D eigenvalue weighted by atomic mass is 31.2. The van der Waals surface area contributed by atoms with Gasteiger partial charge < -0.3 is 25.2 Å². The van der Waals surface area contributed by atoms with Crippen molar-refractivity contribution in [3.05, 3.63) is 72.9 Å². The monoisotopic (exact) mass is 892 g/mol. The Balaban J connectivity index is 4.33. The molecule has 11 nitrogen and oxygen atoms in total. The summed E-state index contributed by atoms with van der Waals surface area (Å²) in [7, 11) is -4.75. The lowest BCUT2D eigenvalue weighted by molar-refractivity contribution is -0.160. The number of esters is 2. The number of ether oxygens (including phenoxy) is 2. The molecule has 356 valence electrons. The van der Waals surface area contributed by atoms with Gasteiger partial charge >= 0.3 is 25.7 Å². The van der Waals surface area contributed by atoms with E-state index in [-0.39, 0.29) is 19.4 Å². The number of carbonyl (C=O) groups is 3. The van der Waals surface area contributed by atoms with Crippen molar-refractivity contribution < 1.29 is 47.5 Å². The third-order valence-corrected chi connectivity index (χ3v) is 10.9. The van der Waals surface area contributed by atoms with Crippen LogP contribution in [0.15, 0.2) is 72.9 Å². The van der Waals surface area contributed by atoms with E-state index in [1.54, 1.807) is 6.08 Å². The van der Waals surface area contributed by atoms with E-state index in [4.69, 9.17) is 24.8 Å². The van der Waals surface area contributed by atoms with Crippen LogP contribution in [-0.2, 0) is 37.5 Å². The van der Waals surface area contributed by atoms with Gasteiger partial charge in [-0.3, -0.25) is 23.4 Å². The van der Waals surface area contributed by atoms with Gasteiger partial charge in [0, 0.05) is 6.42 Å². The summed E-state index contributed by atoms with van der Waals surface area (Å²) >= 11 is 0. The lowest BCUT2D eigenvalue weighted by Crippen LogP contribution is -2.34. The summed E-state index contributed by atoms with van der Waals surface area (Å²) in [5, 5.41) is 8.90. The predicted molar refractivity (Wildman–Crippen MR) is 254 cm³/mol. The molecule has 0 fully saturated rings. The topological polar surface area (TPSA) is 172 Å². The van der Waals surface area contributed by atoms with Crippen molar-refractivity contribution in [2.75, 3.05) is 19.8 Å². The zero-order valence-electron chi connectivity index (χ0n) is 38.7. The average molecular weight is 892 g/mol. The van der Waals surface area contributed by atoms with E-state index in [0.717, 1.165) is 44.9 Å². The molecule has 0 spiro atoms. The van der Waals surface area contributed by atoms with Crippen LogP contribution in [0.3, 0.4) is 0 Å². The van der Waals surface area contributed by atoms with Crippen molar-refractivity contribution in [2.24, 2.45) is 5.73 Å². The molecule has 0 radical (unpaired) electrons. The molecule has 0 aliphatic heterocycles. The number of carboxylic acid groups (broad SMARTS) is 1. The highest BCUT2D eigenvalue weighted by Gasteiger charge is 2.28. The fourth-order valence-electron chi connectivity index (χ4n) is 6.25. The van der Waals surface area contributed by atoms with E-state index in [1.165, 1.54) is 109 Å². The summed E-state index contributed by atoms with van der Waals surface area (Å²) in [4.78, 5) is 46.0. The van der Waals surface area contributed by atoms with Gasteiger partial charge in [-0.1, -0.05) is 189 Å². The molecule has 3 unspecified atom stereocenters. The normalized spacial score (nSPS) is 14.3. The zero-order chi connectivity index (χ0) is 45.6. The minimum Gasteiger partial charge on any atom is -0.480 e. The Morgan fingerprint density at radius 2 is 0.952 bits per heavy atom. The molecule has 0 aliphatic carbocycles. The number of carboxylic acids is 1. The number of nitrogens with two attached hydrogens (primary N) is 1. The fourth-order valence-corrected chi connectivity index (χ4v) is 7.03. The molecule has 0 aliphatic rings. The molecular formula is C50H86NO10P. The van der Waals surface area contributed by atoms with E-state index in [9.17, 15) is 23.8 Å². The van der Waals surface area contributed by atoms with Crippen molar-refractivity contribution in [3.8, 4) is 0 Å². The van der Waals surface area contributed by atoms with Crippen molar-refractivity contribution in [3.63, 3.8) is 0 Å². The Morgan fingerprint density at radius 1 is 0.532 bits per heavy atom. The molecule has 12 heteroatoms. The molecule has 0 aromatic carbocycles. The Labute approximate surface area is 376 Å². The highest BCUT2D eigenvalue weighted by molar-refractivity contribution is 7.47. The third-order valence-electron chi connectivity index (χ3n) is 9.97. The Morgan fingerprint density at radius 3 is 1.42 bits per heavy atom. The summed E-state index contributed by atoms with van der Waals surface area (Å²) in [5.41, 5.74) is 5.33. The molecule has 0 heterocycles. The number of unbranched alkanes of at least 4 members (excludes halogenated alkanes) is 19. The number of aliphatic carboxylic acids is 1. The Kier molecular flexibility index (Phi) is 42.3. The number of hydrogen-bond donors (Lipinski definition) is 3. The summed E-state index contributed by atoms with van der Waals surface area (Å²) in [6.45, 7) is 2.59. The first kappa shape index (κ1) is 58.9. The van der Waals surface area contributed by atoms with Crippen LogP contribution in [0.2, 0.25) is 0 Å². The molecule has 0 aromatic rings. The van der Waals surface area contributed by atoms with E-state index < -0.39 is 51.1 Å². The van der Waals surface area contributed by atoms with Gasteiger partial charge in [-0.2, -0.15) is 0 Å². The first-order valence-electron chi connectivity index (χ1n) is 24.0. The molecule has 0 saturated heterocycles. The fraction of sp³-hybridized carbons (Fsp3) is 0.700. The first-order valence-corrected chi connectivity index (χ1v) is 25.5. The lowest BCUT2D eigenvalue weighted by atomic mass is 10.0. The van der Waals surface area contributed by atoms with Crippen LogP contribution < -0.4 is 5.73 Å². The van der Waals surface area contributed by atoms with Crippen LogP contribution in [0.5, 0.6) is 0 Å². The van der Waals surface area contributed by atoms with E-state index in [0.29, 0.717) is 12.8 Å². The second-order valence-electron chi connectivity index (χ2n) is 15.9. The molecule has 62 heavy (non-hydrogen) atoms. The van der Waals surface area contributed by atoms with Gasteiger partial charge in [0.25, 0.3) is 0 Å². The van der Waals surface area contributed by atoms with E-state index >= 15 is 0 Å². The minimum absolute atomic E-state index is 0.0734. The smallest absolute Gasteiger partial charge is 0.472 e. The number of rotatable bonds is 44. The number of carbonyl (C=O) groups excluding carboxylic acids is 2. The number of allylic oxidation sites excluding steroid dienone is 11. The summed E-state index contributed by atoms with van der Waals surface area (Å²) < 4.78 is 32.6. The van der Waals surface area contributed by atoms with Gasteiger partial charge in [0.2, 0.25) is 0 Å². The van der Waals surface area contributed by atoms with E-state index in [2.05, 4.69) is 67.0 Å². The van der Waals surface area contributed by atoms with Crippen LogP contribution >= 0.6 is 7.82 Å². The molecule has 0 amide bonds. The van der Waals surface area contributed by atoms with Crippen LogP contribution in [0.1, 0.15) is 194 Å². The Hall–Kier alpha value is -3.08. The maximum atomic E-state index is 12.6. The molecule has 0 bridgehead atoms. The molecule has 3 atom stereocenters. The second-order valence-corrected chi connectivity index (χ2v) is 17.3. The van der Waals surface area contributed by atoms with Crippen LogP contribution in [0.25, 0.3) is 0 Å². The third kappa shape index (κ3) is 43.6. The molecule has 4 N–H and O–H groups in total. The predicted octanol–water partition coefficient (Wildman–Crippen LogP) is 13.3. The van der Waals surface area contributed by atoms with E-state index in [1.807, 2.05) is 18.2 Å². The van der Waals surface area contributed by atoms with Gasteiger partial charge in [0.1, 0.15) is 12.6 Å². The molecular weight excluding hydrogens is 806 g/mol. The number of hydrogen-bond acceptors (Lipinski definition) is 9. The SMILES string of the molecule is CC/C=C\C/C=C\C/C=C\C/C=C\C/C=C\CC(=O)OC(COC(=O)CCCCCCCCCCCCC/C=C\CCCCCCCCCC)COP(=O)(O)OCC(N)C(=O)O. The number of phosphoric acid groups is 1. The average Bonchev–Trinajstić information content (AvgIpc) is 3.25. The first-order chi connectivity index (χ1) is 30.1. The maximum absolute atomic E-state index is 12.6. The lowest BCUT2D eigenvalue weighted by Gasteiger charge is -2.20. The van der Waals surface area contributed by atoms with Crippen LogP contribution in [-0.4, -0.2) is 59.9 Å². The summed E-state index contributed by atoms with van der Waals surface area (Å²) in [5.74, 6) is -2.54. The van der Waals surface area contributed by atoms with Crippen molar-refractivity contribution in [1.29, 1.82) is 0 Å². The second kappa shape index (κ2) is 44.5. The van der Waals surface area contributed by atoms with Gasteiger partial charge in [0.15, 0.2) is 6.10 Å². The van der Waals surface area contributed by atoms with Crippen LogP contribution in [0.4, 0.5) is 0 Å². The standard InChI is InChI=1S/C50H86NO10P/c1-3-5-7-9-11-13-15-17-19-20-21-22-23-24-25-26-28-29-31-33-35-37-39-41-48(52)58-43-46(44-59-62(56,57)60-45-47(51)50(54)55)61-49(53)42-40-38-36-34-32-30-27-18-16-14-12-10-8-6-4-2/h6,8,12,14,18,20-21,27,32,34,38,40,46-47H,3-5,7,9-11,13,15-17,19,22-26,28-31,33,35-37,39,41-45,51H2,1-2H3,(H,54,55)(H,56,57)/b8-6-,14-12-,21-20-,27-18-,34-32-,40-38-. The highest BCUT2D eigenvalue weighted by Crippen LogP contribution is 2.43. The van der Waals surface area contributed by atoms with Crippen molar-refractivity contribution in [1.82, 2.24) is 0 Å².